The highest BCUT2D eigenvalue weighted by Gasteiger charge is 2.62. The Hall–Kier alpha value is -3.14. The minimum absolute atomic E-state index is 0.0172. The van der Waals surface area contributed by atoms with Crippen LogP contribution in [0.1, 0.15) is 98.9 Å². The fraction of sp³-hybridized carbons (Fsp3) is 0.704. The van der Waals surface area contributed by atoms with E-state index >= 15 is 4.79 Å². The summed E-state index contributed by atoms with van der Waals surface area (Å²) in [6, 6.07) is 3.92. The number of Topliss-reactive ketones (excluding diaryl/α,β-unsaturated/α-hetero) is 1. The number of anilines is 1. The van der Waals surface area contributed by atoms with Crippen LogP contribution >= 0.6 is 57.6 Å². The Kier molecular flexibility index (Phi) is 21.7. The smallest absolute Gasteiger partial charge is 0.320 e. The second-order valence-electron chi connectivity index (χ2n) is 21.6. The van der Waals surface area contributed by atoms with Crippen molar-refractivity contribution in [2.24, 2.45) is 29.6 Å². The molecule has 4 saturated heterocycles. The van der Waals surface area contributed by atoms with E-state index < -0.39 is 129 Å². The van der Waals surface area contributed by atoms with Crippen LogP contribution in [0.15, 0.2) is 30.6 Å². The number of ether oxygens (including phenoxy) is 10. The molecule has 20 nitrogen and oxygen atoms in total. The summed E-state index contributed by atoms with van der Waals surface area (Å²) in [6.07, 6.45) is -5.07. The molecule has 0 bridgehead atoms. The first-order valence-corrected chi connectivity index (χ1v) is 29.1. The van der Waals surface area contributed by atoms with Crippen molar-refractivity contribution in [2.45, 2.75) is 170 Å². The molecule has 78 heavy (non-hydrogen) atoms. The maximum Gasteiger partial charge on any atom is 0.320 e. The number of fused-ring (bicyclic) bond motifs is 1. The minimum Gasteiger partial charge on any atom is -0.493 e. The van der Waals surface area contributed by atoms with Crippen molar-refractivity contribution in [1.29, 1.82) is 0 Å². The third-order valence-corrected chi connectivity index (χ3v) is 19.5. The summed E-state index contributed by atoms with van der Waals surface area (Å²) in [4.78, 5) is 75.8. The van der Waals surface area contributed by atoms with Gasteiger partial charge < -0.3 is 67.8 Å². The number of amides is 2. The van der Waals surface area contributed by atoms with Gasteiger partial charge in [-0.1, -0.05) is 44.0 Å². The number of nitrogens with one attached hydrogen (secondary N) is 1. The van der Waals surface area contributed by atoms with Gasteiger partial charge in [-0.15, -0.1) is 11.8 Å². The lowest BCUT2D eigenvalue weighted by molar-refractivity contribution is -0.319. The van der Waals surface area contributed by atoms with E-state index in [1.165, 1.54) is 63.4 Å². The van der Waals surface area contributed by atoms with Gasteiger partial charge in [0.05, 0.1) is 77.0 Å². The molecule has 0 saturated carbocycles. The summed E-state index contributed by atoms with van der Waals surface area (Å²) in [5.74, 6) is -6.09. The number of aliphatic hydroxyl groups is 2. The Morgan fingerprint density at radius 2 is 1.56 bits per heavy atom. The summed E-state index contributed by atoms with van der Waals surface area (Å²) in [5.41, 5.74) is -3.65. The summed E-state index contributed by atoms with van der Waals surface area (Å²) >= 11 is 15.7. The van der Waals surface area contributed by atoms with E-state index in [0.29, 0.717) is 12.2 Å². The minimum atomic E-state index is -1.54. The molecule has 1 aromatic heterocycles. The third-order valence-electron chi connectivity index (χ3n) is 16.2. The summed E-state index contributed by atoms with van der Waals surface area (Å²) in [7, 11) is 6.02. The highest BCUT2D eigenvalue weighted by molar-refractivity contribution is 14.1. The molecular formula is C54H76Cl2IN3O17S. The van der Waals surface area contributed by atoms with Crippen LogP contribution in [0.5, 0.6) is 11.5 Å². The number of alkyl halides is 1. The average Bonchev–Trinajstić information content (AvgIpc) is 3.75. The number of carbonyl (C=O) groups excluding carboxylic acids is 5. The maximum absolute atomic E-state index is 15.2. The number of thioether (sulfide) groups is 1. The van der Waals surface area contributed by atoms with Crippen LogP contribution in [0.25, 0.3) is 0 Å². The normalized spacial score (nSPS) is 37.8. The molecule has 2 amide bonds. The first kappa shape index (κ1) is 64.0. The molecule has 0 radical (unpaired) electrons. The molecule has 6 rings (SSSR count). The molecule has 1 aromatic carbocycles. The molecule has 4 fully saturated rings. The van der Waals surface area contributed by atoms with Crippen LogP contribution < -0.4 is 14.8 Å². The van der Waals surface area contributed by atoms with Gasteiger partial charge in [0, 0.05) is 82.0 Å². The van der Waals surface area contributed by atoms with Crippen LogP contribution in [-0.4, -0.2) is 172 Å². The third kappa shape index (κ3) is 13.7. The summed E-state index contributed by atoms with van der Waals surface area (Å²) < 4.78 is 61.8. The van der Waals surface area contributed by atoms with E-state index in [1.54, 1.807) is 74.6 Å². The number of ketones is 1. The van der Waals surface area contributed by atoms with E-state index in [-0.39, 0.29) is 63.9 Å². The Morgan fingerprint density at radius 3 is 2.18 bits per heavy atom. The summed E-state index contributed by atoms with van der Waals surface area (Å²) in [6.45, 7) is 17.1. The molecule has 0 aliphatic carbocycles. The van der Waals surface area contributed by atoms with Gasteiger partial charge in [0.15, 0.2) is 33.8 Å². The molecule has 4 aliphatic rings. The second kappa shape index (κ2) is 26.4. The van der Waals surface area contributed by atoms with E-state index in [0.717, 1.165) is 0 Å². The topological polar surface area (TPSA) is 246 Å². The first-order valence-electron chi connectivity index (χ1n) is 26.0. The van der Waals surface area contributed by atoms with Crippen molar-refractivity contribution in [3.63, 3.8) is 0 Å². The first-order chi connectivity index (χ1) is 36.6. The number of hydrogen-bond acceptors (Lipinski definition) is 19. The average molecular weight is 1270 g/mol. The largest absolute Gasteiger partial charge is 0.493 e. The standard InChI is InChI=1S/C54H76Cl2IN3O17S/c1-25-21-53(9,70-14)46(75-50-42(63)35(19-26(2)72-50)60(11)31(7)61)28(4)43(74-38-22-52(8,69-13)45(64)30(6)73-38)29(5)48(66)76-51(57)54(10)39(27(3)41(25)62)44(49(67)77-54)78-18-17-71-37-20-32(15-16-36(37)68-12)47(65)59-40-33(55)23-58-24-34(40)56/h15-16,20,23-30,35,38-39,42-46,50-51,63-64H,17-19,21-22H2,1-14H3,(H,58,59,65)/t25-,26-,27-,28+,29-,30+,35+,38+,39+,42-,43+,44?,45+,46-,50+,51+,52-,53-,54+/m1/s1. The lowest BCUT2D eigenvalue weighted by Crippen LogP contribution is -2.61. The number of nitrogens with zero attached hydrogens (tertiary/aromatic N) is 2. The molecule has 1 unspecified atom stereocenters. The second-order valence-corrected chi connectivity index (χ2v) is 24.8. The molecule has 3 N–H and O–H groups in total. The van der Waals surface area contributed by atoms with Crippen LogP contribution in [0.4, 0.5) is 5.69 Å². The van der Waals surface area contributed by atoms with Crippen LogP contribution in [0, 0.1) is 29.6 Å². The number of hydrogen-bond donors (Lipinski definition) is 3. The number of likely N-dealkylation sites (N-methyl/N-ethyl adjacent to an activating group) is 1. The van der Waals surface area contributed by atoms with Crippen molar-refractivity contribution >= 4 is 92.8 Å². The number of esters is 2. The fourth-order valence-corrected chi connectivity index (χ4v) is 14.0. The molecule has 24 heteroatoms. The number of carbonyl (C=O) groups is 5. The summed E-state index contributed by atoms with van der Waals surface area (Å²) in [5, 5.41) is 25.1. The van der Waals surface area contributed by atoms with Gasteiger partial charge in [-0.2, -0.15) is 0 Å². The van der Waals surface area contributed by atoms with Gasteiger partial charge in [0.25, 0.3) is 5.91 Å². The van der Waals surface area contributed by atoms with E-state index in [1.807, 2.05) is 29.5 Å². The molecule has 2 aromatic rings. The van der Waals surface area contributed by atoms with Crippen LogP contribution in [0.3, 0.4) is 0 Å². The number of halogens is 3. The van der Waals surface area contributed by atoms with Gasteiger partial charge in [-0.25, -0.2) is 0 Å². The number of methoxy groups -OCH3 is 3. The number of benzene rings is 1. The van der Waals surface area contributed by atoms with Crippen molar-refractivity contribution in [2.75, 3.05) is 46.1 Å². The van der Waals surface area contributed by atoms with Crippen molar-refractivity contribution in [1.82, 2.24) is 9.88 Å². The highest BCUT2D eigenvalue weighted by atomic mass is 127. The maximum atomic E-state index is 15.2. The van der Waals surface area contributed by atoms with Gasteiger partial charge in [-0.3, -0.25) is 29.0 Å². The van der Waals surface area contributed by atoms with Gasteiger partial charge in [0.1, 0.15) is 23.2 Å². The lowest BCUT2D eigenvalue weighted by Gasteiger charge is -2.50. The fourth-order valence-electron chi connectivity index (χ4n) is 11.4. The molecule has 436 valence electrons. The van der Waals surface area contributed by atoms with Gasteiger partial charge in [-0.05, 0) is 95.2 Å². The molecule has 5 heterocycles. The number of cyclic esters (lactones) is 1. The molecular weight excluding hydrogens is 1190 g/mol. The zero-order valence-electron chi connectivity index (χ0n) is 46.6. The Balaban J connectivity index is 1.34. The van der Waals surface area contributed by atoms with Crippen molar-refractivity contribution < 1.29 is 81.6 Å². The zero-order valence-corrected chi connectivity index (χ0v) is 51.1. The van der Waals surface area contributed by atoms with E-state index in [2.05, 4.69) is 10.3 Å². The van der Waals surface area contributed by atoms with Gasteiger partial charge >= 0.3 is 11.9 Å². The zero-order chi connectivity index (χ0) is 57.9. The number of aliphatic hydroxyl groups excluding tert-OH is 2. The van der Waals surface area contributed by atoms with Gasteiger partial charge in [0.2, 0.25) is 5.91 Å². The van der Waals surface area contributed by atoms with Crippen LogP contribution in [-0.2, 0) is 57.1 Å². The molecule has 19 atom stereocenters. The van der Waals surface area contributed by atoms with Crippen molar-refractivity contribution in [3.8, 4) is 11.5 Å². The van der Waals surface area contributed by atoms with Crippen LogP contribution in [0.2, 0.25) is 10.0 Å². The predicted octanol–water partition coefficient (Wildman–Crippen LogP) is 7.30. The number of rotatable bonds is 15. The van der Waals surface area contributed by atoms with E-state index in [4.69, 9.17) is 70.6 Å². The molecule has 0 spiro atoms. The Morgan fingerprint density at radius 1 is 0.910 bits per heavy atom. The molecule has 4 aliphatic heterocycles. The van der Waals surface area contributed by atoms with Crippen molar-refractivity contribution in [3.05, 3.63) is 46.2 Å². The van der Waals surface area contributed by atoms with E-state index in [9.17, 15) is 29.4 Å². The quantitative estimate of drug-likeness (QED) is 0.0685. The monoisotopic (exact) mass is 1270 g/mol. The highest BCUT2D eigenvalue weighted by Crippen LogP contribution is 2.50. The predicted molar refractivity (Wildman–Crippen MR) is 298 cm³/mol. The Bertz CT molecular complexity index is 2470. The lowest BCUT2D eigenvalue weighted by atomic mass is 9.72. The number of pyridine rings is 1. The SMILES string of the molecule is COc1ccc(C(=O)Nc2c(Cl)cncc2Cl)cc1OCCSC1C(=O)O[C@@]2(C)[C@H]1[C@@H](C)C(=O)[C@H](C)C[C@@](C)(OC)[C@H](O[C@@H]1O[C@H](C)C[C@H](N(C)C(C)=O)[C@H]1O)[C@@H](C)[C@H](O[C@H]1C[C@@](C)(OC)[C@@H](O)[C@H](C)O1)[C@@H](C)C(=O)O[C@@H]2I. The number of aromatic nitrogens is 1. The Labute approximate surface area is 484 Å².